The number of hydrogen-bond acceptors (Lipinski definition) is 8. The molecule has 1 aliphatic rings. The zero-order valence-electron chi connectivity index (χ0n) is 17.6. The third kappa shape index (κ3) is 5.52. The highest BCUT2D eigenvalue weighted by atomic mass is 32.2. The van der Waals surface area contributed by atoms with Gasteiger partial charge in [0.1, 0.15) is 0 Å². The van der Waals surface area contributed by atoms with Crippen LogP contribution in [0.3, 0.4) is 0 Å². The fraction of sp³-hybridized carbons (Fsp3) is 0.227. The fourth-order valence-corrected chi connectivity index (χ4v) is 4.50. The van der Waals surface area contributed by atoms with Crippen molar-refractivity contribution in [1.29, 1.82) is 0 Å². The highest BCUT2D eigenvalue weighted by molar-refractivity contribution is 7.89. The van der Waals surface area contributed by atoms with Crippen molar-refractivity contribution in [2.24, 2.45) is 0 Å². The predicted molar refractivity (Wildman–Crippen MR) is 120 cm³/mol. The molecule has 0 saturated carbocycles. The Hall–Kier alpha value is -3.38. The van der Waals surface area contributed by atoms with E-state index < -0.39 is 22.0 Å². The van der Waals surface area contributed by atoms with Crippen molar-refractivity contribution < 1.29 is 23.2 Å². The molecule has 1 amide bonds. The molecule has 3 N–H and O–H groups in total. The Bertz CT molecular complexity index is 1190. The maximum atomic E-state index is 12.7. The normalized spacial score (nSPS) is 16.4. The summed E-state index contributed by atoms with van der Waals surface area (Å²) in [6, 6.07) is 16.4. The zero-order chi connectivity index (χ0) is 23.3. The van der Waals surface area contributed by atoms with Gasteiger partial charge in [0.2, 0.25) is 16.0 Å². The quantitative estimate of drug-likeness (QED) is 0.350. The number of carbonyl (C=O) groups is 1. The molecule has 1 atom stereocenters. The first kappa shape index (κ1) is 22.8. The van der Waals surface area contributed by atoms with E-state index in [2.05, 4.69) is 14.7 Å². The van der Waals surface area contributed by atoms with Crippen molar-refractivity contribution in [2.75, 3.05) is 31.1 Å². The molecule has 3 aromatic rings. The van der Waals surface area contributed by atoms with Crippen LogP contribution in [0, 0.1) is 0 Å². The number of benzene rings is 2. The van der Waals surface area contributed by atoms with Gasteiger partial charge in [0, 0.05) is 32.0 Å². The summed E-state index contributed by atoms with van der Waals surface area (Å²) < 4.78 is 33.8. The van der Waals surface area contributed by atoms with Crippen LogP contribution in [0.15, 0.2) is 71.9 Å². The molecule has 2 heterocycles. The smallest absolute Gasteiger partial charge is 0.277 e. The molecule has 33 heavy (non-hydrogen) atoms. The van der Waals surface area contributed by atoms with Crippen molar-refractivity contribution in [3.05, 3.63) is 72.6 Å². The summed E-state index contributed by atoms with van der Waals surface area (Å²) in [5, 5.41) is 8.68. The maximum Gasteiger partial charge on any atom is 0.277 e. The summed E-state index contributed by atoms with van der Waals surface area (Å²) in [6.07, 6.45) is 2.21. The molecule has 2 aromatic carbocycles. The van der Waals surface area contributed by atoms with Crippen LogP contribution in [0.4, 0.5) is 5.95 Å². The second-order valence-corrected chi connectivity index (χ2v) is 9.16. The van der Waals surface area contributed by atoms with Crippen molar-refractivity contribution in [1.82, 2.24) is 20.2 Å². The summed E-state index contributed by atoms with van der Waals surface area (Å²) in [6.45, 7) is 1.36. The van der Waals surface area contributed by atoms with Crippen molar-refractivity contribution in [3.63, 3.8) is 0 Å². The Morgan fingerprint density at radius 3 is 2.39 bits per heavy atom. The molecule has 0 aliphatic carbocycles. The van der Waals surface area contributed by atoms with E-state index >= 15 is 0 Å². The van der Waals surface area contributed by atoms with Crippen LogP contribution < -0.4 is 15.1 Å². The first-order valence-corrected chi connectivity index (χ1v) is 11.7. The molecule has 1 saturated heterocycles. The van der Waals surface area contributed by atoms with E-state index in [1.54, 1.807) is 24.3 Å². The van der Waals surface area contributed by atoms with Gasteiger partial charge in [-0.1, -0.05) is 42.5 Å². The van der Waals surface area contributed by atoms with Crippen molar-refractivity contribution >= 4 is 21.9 Å². The van der Waals surface area contributed by atoms with Crippen LogP contribution in [0.2, 0.25) is 0 Å². The lowest BCUT2D eigenvalue weighted by molar-refractivity contribution is 0.0436. The molecule has 4 rings (SSSR count). The molecule has 0 radical (unpaired) electrons. The molecule has 1 aromatic heterocycles. The third-order valence-corrected chi connectivity index (χ3v) is 6.64. The number of hydrogen-bond donors (Lipinski definition) is 3. The highest BCUT2D eigenvalue weighted by Crippen LogP contribution is 2.21. The van der Waals surface area contributed by atoms with E-state index in [1.807, 2.05) is 35.2 Å². The lowest BCUT2D eigenvalue weighted by Gasteiger charge is -2.33. The summed E-state index contributed by atoms with van der Waals surface area (Å²) in [4.78, 5) is 21.7. The van der Waals surface area contributed by atoms with E-state index in [1.165, 1.54) is 17.9 Å². The molecular formula is C22H23N5O5S. The van der Waals surface area contributed by atoms with Gasteiger partial charge in [-0.05, 0) is 23.3 Å². The lowest BCUT2D eigenvalue weighted by atomic mass is 10.1. The largest absolute Gasteiger partial charge is 0.373 e. The van der Waals surface area contributed by atoms with Gasteiger partial charge >= 0.3 is 0 Å². The Morgan fingerprint density at radius 1 is 1.06 bits per heavy atom. The SMILES string of the molecule is O=C(NO)c1cnc(N2CCO[C@H](CNS(=O)(=O)c3ccc(-c4ccccc4)cc3)C2)nc1. The Labute approximate surface area is 191 Å². The van der Waals surface area contributed by atoms with Gasteiger partial charge in [-0.15, -0.1) is 0 Å². The summed E-state index contributed by atoms with van der Waals surface area (Å²) in [5.74, 6) is -0.315. The molecular weight excluding hydrogens is 446 g/mol. The van der Waals surface area contributed by atoms with Gasteiger partial charge in [0.25, 0.3) is 5.91 Å². The number of carbonyl (C=O) groups excluding carboxylic acids is 1. The number of hydroxylamine groups is 1. The van der Waals surface area contributed by atoms with Crippen LogP contribution in [0.5, 0.6) is 0 Å². The second-order valence-electron chi connectivity index (χ2n) is 7.39. The van der Waals surface area contributed by atoms with Crippen molar-refractivity contribution in [2.45, 2.75) is 11.0 Å². The molecule has 0 bridgehead atoms. The maximum absolute atomic E-state index is 12.7. The molecule has 1 fully saturated rings. The molecule has 172 valence electrons. The van der Waals surface area contributed by atoms with Gasteiger partial charge in [-0.2, -0.15) is 0 Å². The number of morpholine rings is 1. The molecule has 0 spiro atoms. The Kier molecular flexibility index (Phi) is 6.94. The van der Waals surface area contributed by atoms with Gasteiger partial charge in [0.05, 0.1) is 23.2 Å². The van der Waals surface area contributed by atoms with E-state index in [4.69, 9.17) is 9.94 Å². The summed E-state index contributed by atoms with van der Waals surface area (Å²) >= 11 is 0. The van der Waals surface area contributed by atoms with Gasteiger partial charge in [-0.3, -0.25) is 10.0 Å². The third-order valence-electron chi connectivity index (χ3n) is 5.20. The average Bonchev–Trinajstić information content (AvgIpc) is 2.88. The minimum Gasteiger partial charge on any atom is -0.373 e. The van der Waals surface area contributed by atoms with E-state index in [0.717, 1.165) is 11.1 Å². The van der Waals surface area contributed by atoms with Gasteiger partial charge < -0.3 is 9.64 Å². The number of amides is 1. The summed E-state index contributed by atoms with van der Waals surface area (Å²) in [5.41, 5.74) is 3.59. The fourth-order valence-electron chi connectivity index (χ4n) is 3.43. The second kappa shape index (κ2) is 10.0. The monoisotopic (exact) mass is 469 g/mol. The Morgan fingerprint density at radius 2 is 1.73 bits per heavy atom. The average molecular weight is 470 g/mol. The predicted octanol–water partition coefficient (Wildman–Crippen LogP) is 1.45. The lowest BCUT2D eigenvalue weighted by Crippen LogP contribution is -2.48. The number of ether oxygens (including phenoxy) is 1. The number of nitrogens with one attached hydrogen (secondary N) is 2. The number of sulfonamides is 1. The van der Waals surface area contributed by atoms with E-state index in [-0.39, 0.29) is 17.0 Å². The van der Waals surface area contributed by atoms with Crippen LogP contribution in [0.25, 0.3) is 11.1 Å². The van der Waals surface area contributed by atoms with Crippen LogP contribution in [0.1, 0.15) is 10.4 Å². The first-order chi connectivity index (χ1) is 16.0. The number of rotatable bonds is 7. The van der Waals surface area contributed by atoms with Crippen LogP contribution in [-0.2, 0) is 14.8 Å². The molecule has 10 nitrogen and oxygen atoms in total. The van der Waals surface area contributed by atoms with Gasteiger partial charge in [-0.25, -0.2) is 28.6 Å². The van der Waals surface area contributed by atoms with E-state index in [0.29, 0.717) is 25.6 Å². The van der Waals surface area contributed by atoms with Crippen LogP contribution in [-0.4, -0.2) is 61.8 Å². The topological polar surface area (TPSA) is 134 Å². The van der Waals surface area contributed by atoms with Crippen molar-refractivity contribution in [3.8, 4) is 11.1 Å². The minimum atomic E-state index is -3.71. The van der Waals surface area contributed by atoms with Crippen LogP contribution >= 0.6 is 0 Å². The zero-order valence-corrected chi connectivity index (χ0v) is 18.4. The molecule has 1 aliphatic heterocycles. The minimum absolute atomic E-state index is 0.0876. The highest BCUT2D eigenvalue weighted by Gasteiger charge is 2.25. The summed E-state index contributed by atoms with van der Waals surface area (Å²) in [7, 11) is -3.71. The number of anilines is 1. The van der Waals surface area contributed by atoms with Gasteiger partial charge in [0.15, 0.2) is 0 Å². The molecule has 0 unspecified atom stereocenters. The van der Waals surface area contributed by atoms with E-state index in [9.17, 15) is 13.2 Å². The first-order valence-electron chi connectivity index (χ1n) is 10.2. The standard InChI is InChI=1S/C22H23N5O5S/c28-21(26-29)18-12-23-22(24-13-18)27-10-11-32-19(15-27)14-25-33(30,31)20-8-6-17(7-9-20)16-4-2-1-3-5-16/h1-9,12-13,19,25,29H,10-11,14-15H2,(H,26,28)/t19-/m1/s1. The Balaban J connectivity index is 1.36. The molecule has 11 heteroatoms. The number of aromatic nitrogens is 2. The number of nitrogens with zero attached hydrogens (tertiary/aromatic N) is 3.